The summed E-state index contributed by atoms with van der Waals surface area (Å²) in [4.78, 5) is 6.49. The molecule has 0 radical (unpaired) electrons. The second-order valence-corrected chi connectivity index (χ2v) is 8.03. The molecule has 0 spiro atoms. The third kappa shape index (κ3) is 2.48. The van der Waals surface area contributed by atoms with E-state index >= 15 is 0 Å². The highest BCUT2D eigenvalue weighted by molar-refractivity contribution is 7.11. The van der Waals surface area contributed by atoms with E-state index in [9.17, 15) is 0 Å². The Morgan fingerprint density at radius 3 is 2.56 bits per heavy atom. The lowest BCUT2D eigenvalue weighted by Gasteiger charge is -2.07. The van der Waals surface area contributed by atoms with Crippen molar-refractivity contribution in [3.63, 3.8) is 0 Å². The first kappa shape index (κ1) is 12.6. The van der Waals surface area contributed by atoms with Gasteiger partial charge in [-0.1, -0.05) is 27.7 Å². The number of aromatic nitrogens is 1. The van der Waals surface area contributed by atoms with Crippen molar-refractivity contribution in [2.45, 2.75) is 71.4 Å². The molecule has 1 aromatic rings. The zero-order valence-electron chi connectivity index (χ0n) is 11.9. The summed E-state index contributed by atoms with van der Waals surface area (Å²) in [5, 5.41) is 4.95. The van der Waals surface area contributed by atoms with Crippen molar-refractivity contribution in [3.8, 4) is 0 Å². The van der Waals surface area contributed by atoms with Gasteiger partial charge in [-0.15, -0.1) is 11.3 Å². The Kier molecular flexibility index (Phi) is 3.02. The molecule has 18 heavy (non-hydrogen) atoms. The number of rotatable bonds is 5. The number of thiazole rings is 1. The molecule has 3 heteroatoms. The van der Waals surface area contributed by atoms with Crippen LogP contribution in [0.2, 0.25) is 0 Å². The summed E-state index contributed by atoms with van der Waals surface area (Å²) in [7, 11) is 0. The molecule has 2 fully saturated rings. The van der Waals surface area contributed by atoms with E-state index in [4.69, 9.17) is 4.98 Å². The van der Waals surface area contributed by atoms with Crippen molar-refractivity contribution in [2.75, 3.05) is 0 Å². The molecule has 0 aliphatic heterocycles. The molecule has 1 atom stereocenters. The first-order valence-electron chi connectivity index (χ1n) is 7.20. The summed E-state index contributed by atoms with van der Waals surface area (Å²) < 4.78 is 0. The van der Waals surface area contributed by atoms with Crippen molar-refractivity contribution in [3.05, 3.63) is 15.6 Å². The molecular formula is C15H24N2S. The Bertz CT molecular complexity index is 443. The summed E-state index contributed by atoms with van der Waals surface area (Å²) in [6.45, 7) is 10.2. The quantitative estimate of drug-likeness (QED) is 0.868. The highest BCUT2D eigenvalue weighted by atomic mass is 32.1. The second kappa shape index (κ2) is 4.31. The molecule has 2 aliphatic rings. The van der Waals surface area contributed by atoms with Crippen LogP contribution in [0.3, 0.4) is 0 Å². The predicted molar refractivity (Wildman–Crippen MR) is 77.2 cm³/mol. The molecule has 0 amide bonds. The van der Waals surface area contributed by atoms with Gasteiger partial charge in [-0.05, 0) is 24.7 Å². The van der Waals surface area contributed by atoms with Crippen LogP contribution in [-0.2, 0) is 6.54 Å². The van der Waals surface area contributed by atoms with Crippen LogP contribution < -0.4 is 5.32 Å². The molecule has 100 valence electrons. The zero-order valence-corrected chi connectivity index (χ0v) is 12.7. The first-order valence-corrected chi connectivity index (χ1v) is 8.02. The van der Waals surface area contributed by atoms with E-state index in [-0.39, 0.29) is 0 Å². The molecule has 0 saturated heterocycles. The van der Waals surface area contributed by atoms with Gasteiger partial charge >= 0.3 is 0 Å². The van der Waals surface area contributed by atoms with Gasteiger partial charge in [-0.2, -0.15) is 0 Å². The standard InChI is InChI=1S/C15H24N2S/c1-9(2)16-8-12-13(10-5-6-10)17-14(18-12)11-7-15(11,3)4/h9-11,16H,5-8H2,1-4H3. The average Bonchev–Trinajstić information content (AvgIpc) is 3.17. The van der Waals surface area contributed by atoms with Gasteiger partial charge in [-0.25, -0.2) is 4.98 Å². The van der Waals surface area contributed by atoms with Crippen molar-refractivity contribution >= 4 is 11.3 Å². The fraction of sp³-hybridized carbons (Fsp3) is 0.800. The Labute approximate surface area is 114 Å². The van der Waals surface area contributed by atoms with Crippen molar-refractivity contribution in [2.24, 2.45) is 5.41 Å². The van der Waals surface area contributed by atoms with E-state index in [1.807, 2.05) is 11.3 Å². The van der Waals surface area contributed by atoms with E-state index in [2.05, 4.69) is 33.0 Å². The van der Waals surface area contributed by atoms with Crippen molar-refractivity contribution in [1.29, 1.82) is 0 Å². The predicted octanol–water partition coefficient (Wildman–Crippen LogP) is 4.03. The van der Waals surface area contributed by atoms with Crippen LogP contribution in [0.25, 0.3) is 0 Å². The van der Waals surface area contributed by atoms with Gasteiger partial charge in [-0.3, -0.25) is 0 Å². The van der Waals surface area contributed by atoms with Crippen LogP contribution in [0.15, 0.2) is 0 Å². The summed E-state index contributed by atoms with van der Waals surface area (Å²) in [5.41, 5.74) is 1.92. The number of hydrogen-bond acceptors (Lipinski definition) is 3. The number of hydrogen-bond donors (Lipinski definition) is 1. The van der Waals surface area contributed by atoms with Crippen LogP contribution in [0.5, 0.6) is 0 Å². The van der Waals surface area contributed by atoms with E-state index in [1.54, 1.807) is 0 Å². The van der Waals surface area contributed by atoms with Crippen LogP contribution >= 0.6 is 11.3 Å². The first-order chi connectivity index (χ1) is 8.47. The van der Waals surface area contributed by atoms with Gasteiger partial charge < -0.3 is 5.32 Å². The summed E-state index contributed by atoms with van der Waals surface area (Å²) in [5.74, 6) is 1.51. The summed E-state index contributed by atoms with van der Waals surface area (Å²) in [6, 6.07) is 0.556. The summed E-state index contributed by atoms with van der Waals surface area (Å²) in [6.07, 6.45) is 4.03. The van der Waals surface area contributed by atoms with Gasteiger partial charge in [0.2, 0.25) is 0 Å². The van der Waals surface area contributed by atoms with Gasteiger partial charge in [0.15, 0.2) is 0 Å². The Balaban J connectivity index is 1.78. The number of nitrogens with zero attached hydrogens (tertiary/aromatic N) is 1. The lowest BCUT2D eigenvalue weighted by Crippen LogP contribution is -2.21. The highest BCUT2D eigenvalue weighted by Crippen LogP contribution is 2.60. The molecule has 1 heterocycles. The minimum Gasteiger partial charge on any atom is -0.310 e. The second-order valence-electron chi connectivity index (χ2n) is 6.92. The van der Waals surface area contributed by atoms with Gasteiger partial charge in [0.25, 0.3) is 0 Å². The average molecular weight is 264 g/mol. The topological polar surface area (TPSA) is 24.9 Å². The van der Waals surface area contributed by atoms with E-state index in [0.29, 0.717) is 11.5 Å². The normalized spacial score (nSPS) is 25.7. The SMILES string of the molecule is CC(C)NCc1sc(C2CC2(C)C)nc1C1CC1. The molecule has 2 nitrogen and oxygen atoms in total. The molecular weight excluding hydrogens is 240 g/mol. The maximum absolute atomic E-state index is 4.99. The lowest BCUT2D eigenvalue weighted by atomic mass is 10.1. The van der Waals surface area contributed by atoms with Gasteiger partial charge in [0, 0.05) is 29.3 Å². The molecule has 1 N–H and O–H groups in total. The maximum atomic E-state index is 4.99. The Morgan fingerprint density at radius 2 is 2.06 bits per heavy atom. The molecule has 0 aromatic carbocycles. The van der Waals surface area contributed by atoms with E-state index in [0.717, 1.165) is 18.4 Å². The third-order valence-electron chi connectivity index (χ3n) is 4.19. The Morgan fingerprint density at radius 1 is 1.39 bits per heavy atom. The van der Waals surface area contributed by atoms with Crippen LogP contribution in [0, 0.1) is 5.41 Å². The fourth-order valence-electron chi connectivity index (χ4n) is 2.52. The highest BCUT2D eigenvalue weighted by Gasteiger charge is 2.49. The maximum Gasteiger partial charge on any atom is 0.0968 e. The number of nitrogens with one attached hydrogen (secondary N) is 1. The van der Waals surface area contributed by atoms with Gasteiger partial charge in [0.1, 0.15) is 0 Å². The minimum atomic E-state index is 0.501. The molecule has 2 aliphatic carbocycles. The fourth-order valence-corrected chi connectivity index (χ4v) is 3.93. The molecule has 2 saturated carbocycles. The zero-order chi connectivity index (χ0) is 12.9. The van der Waals surface area contributed by atoms with Crippen LogP contribution in [-0.4, -0.2) is 11.0 Å². The molecule has 0 bridgehead atoms. The lowest BCUT2D eigenvalue weighted by molar-refractivity contribution is 0.590. The van der Waals surface area contributed by atoms with Crippen molar-refractivity contribution < 1.29 is 0 Å². The van der Waals surface area contributed by atoms with Gasteiger partial charge in [0.05, 0.1) is 10.7 Å². The third-order valence-corrected chi connectivity index (χ3v) is 5.38. The molecule has 1 unspecified atom stereocenters. The van der Waals surface area contributed by atoms with Crippen LogP contribution in [0.4, 0.5) is 0 Å². The van der Waals surface area contributed by atoms with Crippen LogP contribution in [0.1, 0.15) is 74.4 Å². The minimum absolute atomic E-state index is 0.501. The largest absolute Gasteiger partial charge is 0.310 e. The van der Waals surface area contributed by atoms with E-state index < -0.39 is 0 Å². The monoisotopic (exact) mass is 264 g/mol. The van der Waals surface area contributed by atoms with E-state index in [1.165, 1.54) is 34.8 Å². The molecule has 1 aromatic heterocycles. The van der Waals surface area contributed by atoms with Crippen molar-refractivity contribution in [1.82, 2.24) is 10.3 Å². The smallest absolute Gasteiger partial charge is 0.0968 e. The summed E-state index contributed by atoms with van der Waals surface area (Å²) >= 11 is 1.97. The Hall–Kier alpha value is -0.410. The molecule has 3 rings (SSSR count).